The lowest BCUT2D eigenvalue weighted by molar-refractivity contribution is 0.0730. The van der Waals surface area contributed by atoms with Gasteiger partial charge >= 0.3 is 10.1 Å². The molecule has 30 heavy (non-hydrogen) atoms. The number of ether oxygens (including phenoxy) is 1. The van der Waals surface area contributed by atoms with Crippen molar-refractivity contribution in [2.45, 2.75) is 9.79 Å². The largest absolute Gasteiger partial charge is 0.379 e. The van der Waals surface area contributed by atoms with E-state index < -0.39 is 20.1 Å². The Morgan fingerprint density at radius 2 is 1.63 bits per heavy atom. The van der Waals surface area contributed by atoms with Gasteiger partial charge in [-0.05, 0) is 46.8 Å². The first-order chi connectivity index (χ1) is 14.4. The molecule has 0 atom stereocenters. The van der Waals surface area contributed by atoms with Crippen LogP contribution >= 0.6 is 0 Å². The van der Waals surface area contributed by atoms with Crippen molar-refractivity contribution in [2.24, 2.45) is 0 Å². The number of hydrogen-bond acceptors (Lipinski definition) is 9. The first-order valence-electron chi connectivity index (χ1n) is 8.82. The van der Waals surface area contributed by atoms with E-state index in [4.69, 9.17) is 8.92 Å². The molecule has 13 heteroatoms. The summed E-state index contributed by atoms with van der Waals surface area (Å²) in [7, 11) is -7.89. The minimum Gasteiger partial charge on any atom is -0.379 e. The first kappa shape index (κ1) is 20.4. The van der Waals surface area contributed by atoms with Crippen LogP contribution in [0.3, 0.4) is 0 Å². The number of aromatic nitrogens is 4. The van der Waals surface area contributed by atoms with Gasteiger partial charge in [-0.15, -0.1) is 5.10 Å². The average Bonchev–Trinajstić information content (AvgIpc) is 3.29. The molecule has 0 unspecified atom stereocenters. The lowest BCUT2D eigenvalue weighted by Crippen LogP contribution is -2.40. The van der Waals surface area contributed by atoms with E-state index in [0.717, 1.165) is 0 Å². The minimum absolute atomic E-state index is 0.00373. The van der Waals surface area contributed by atoms with Crippen LogP contribution in [0.25, 0.3) is 5.69 Å². The second-order valence-corrected chi connectivity index (χ2v) is 9.76. The molecule has 2 heterocycles. The lowest BCUT2D eigenvalue weighted by Gasteiger charge is -2.26. The van der Waals surface area contributed by atoms with Crippen LogP contribution in [0.1, 0.15) is 0 Å². The van der Waals surface area contributed by atoms with E-state index in [9.17, 15) is 16.8 Å². The molecule has 0 aliphatic carbocycles. The Kier molecular flexibility index (Phi) is 5.51. The SMILES string of the molecule is O=S(=O)(Oc1cccc(-n2cnnn2)c1)c1ccc(S(=O)(=O)N2CCOCC2)cc1. The molecule has 1 aliphatic rings. The van der Waals surface area contributed by atoms with Crippen molar-refractivity contribution in [1.29, 1.82) is 0 Å². The molecule has 0 N–H and O–H groups in total. The van der Waals surface area contributed by atoms with Gasteiger partial charge in [0.05, 0.1) is 23.8 Å². The molecule has 158 valence electrons. The Morgan fingerprint density at radius 1 is 0.933 bits per heavy atom. The summed E-state index contributed by atoms with van der Waals surface area (Å²) >= 11 is 0. The summed E-state index contributed by atoms with van der Waals surface area (Å²) in [6.45, 7) is 1.15. The molecule has 1 aromatic heterocycles. The van der Waals surface area contributed by atoms with Gasteiger partial charge in [-0.2, -0.15) is 12.7 Å². The maximum Gasteiger partial charge on any atom is 0.339 e. The van der Waals surface area contributed by atoms with Gasteiger partial charge in [0, 0.05) is 19.2 Å². The molecular weight excluding hydrogens is 434 g/mol. The predicted octanol–water partition coefficient (Wildman–Crippen LogP) is 0.451. The molecule has 1 fully saturated rings. The van der Waals surface area contributed by atoms with Crippen LogP contribution in [0.2, 0.25) is 0 Å². The average molecular weight is 451 g/mol. The number of hydrogen-bond donors (Lipinski definition) is 0. The van der Waals surface area contributed by atoms with E-state index in [1.807, 2.05) is 0 Å². The fourth-order valence-electron chi connectivity index (χ4n) is 2.85. The van der Waals surface area contributed by atoms with Gasteiger partial charge in [-0.1, -0.05) is 6.07 Å². The summed E-state index contributed by atoms with van der Waals surface area (Å²) in [6, 6.07) is 11.1. The third-order valence-corrected chi connectivity index (χ3v) is 7.53. The standard InChI is InChI=1S/C17H17N5O6S2/c23-29(24,21-8-10-27-11-9-21)16-4-6-17(7-5-16)30(25,26)28-15-3-1-2-14(12-15)22-13-18-19-20-22/h1-7,12-13H,8-11H2. The second kappa shape index (κ2) is 8.10. The van der Waals surface area contributed by atoms with Gasteiger partial charge in [0.2, 0.25) is 10.0 Å². The first-order valence-corrected chi connectivity index (χ1v) is 11.7. The smallest absolute Gasteiger partial charge is 0.339 e. The van der Waals surface area contributed by atoms with E-state index >= 15 is 0 Å². The Balaban J connectivity index is 1.54. The summed E-state index contributed by atoms with van der Waals surface area (Å²) in [4.78, 5) is -0.166. The molecule has 1 saturated heterocycles. The Labute approximate surface area is 173 Å². The molecule has 0 amide bonds. The molecule has 0 saturated carbocycles. The van der Waals surface area contributed by atoms with E-state index in [1.165, 1.54) is 51.7 Å². The maximum atomic E-state index is 12.7. The van der Waals surface area contributed by atoms with Crippen molar-refractivity contribution in [1.82, 2.24) is 24.5 Å². The van der Waals surface area contributed by atoms with Gasteiger partial charge in [-0.25, -0.2) is 13.1 Å². The van der Waals surface area contributed by atoms with E-state index in [2.05, 4.69) is 15.5 Å². The topological polar surface area (TPSA) is 134 Å². The summed E-state index contributed by atoms with van der Waals surface area (Å²) in [5.74, 6) is 0.0630. The zero-order chi connectivity index (χ0) is 21.2. The van der Waals surface area contributed by atoms with Gasteiger partial charge in [0.25, 0.3) is 0 Å². The van der Waals surface area contributed by atoms with Crippen LogP contribution in [0.15, 0.2) is 64.6 Å². The molecule has 3 aromatic rings. The number of nitrogens with zero attached hydrogens (tertiary/aromatic N) is 5. The van der Waals surface area contributed by atoms with Crippen molar-refractivity contribution >= 4 is 20.1 Å². The Bertz CT molecular complexity index is 1220. The van der Waals surface area contributed by atoms with Crippen molar-refractivity contribution in [2.75, 3.05) is 26.3 Å². The van der Waals surface area contributed by atoms with Crippen molar-refractivity contribution in [3.63, 3.8) is 0 Å². The van der Waals surface area contributed by atoms with Crippen LogP contribution < -0.4 is 4.18 Å². The number of morpholine rings is 1. The van der Waals surface area contributed by atoms with Crippen LogP contribution in [-0.4, -0.2) is 67.7 Å². The number of benzene rings is 2. The predicted molar refractivity (Wildman–Crippen MR) is 103 cm³/mol. The van der Waals surface area contributed by atoms with Crippen LogP contribution in [-0.2, 0) is 24.9 Å². The zero-order valence-electron chi connectivity index (χ0n) is 15.5. The van der Waals surface area contributed by atoms with E-state index in [0.29, 0.717) is 18.9 Å². The fourth-order valence-corrected chi connectivity index (χ4v) is 5.18. The van der Waals surface area contributed by atoms with Gasteiger partial charge in [0.15, 0.2) is 0 Å². The highest BCUT2D eigenvalue weighted by molar-refractivity contribution is 7.89. The molecule has 0 radical (unpaired) electrons. The third-order valence-electron chi connectivity index (χ3n) is 4.36. The van der Waals surface area contributed by atoms with Crippen molar-refractivity contribution in [3.8, 4) is 11.4 Å². The highest BCUT2D eigenvalue weighted by Gasteiger charge is 2.27. The van der Waals surface area contributed by atoms with Crippen LogP contribution in [0, 0.1) is 0 Å². The maximum absolute atomic E-state index is 12.7. The number of tetrazole rings is 1. The lowest BCUT2D eigenvalue weighted by atomic mass is 10.3. The second-order valence-electron chi connectivity index (χ2n) is 6.28. The molecular formula is C17H17N5O6S2. The zero-order valence-corrected chi connectivity index (χ0v) is 17.2. The normalized spacial score (nSPS) is 15.7. The summed E-state index contributed by atoms with van der Waals surface area (Å²) in [6.07, 6.45) is 1.36. The highest BCUT2D eigenvalue weighted by atomic mass is 32.2. The third kappa shape index (κ3) is 4.18. The summed E-state index contributed by atoms with van der Waals surface area (Å²) in [5, 5.41) is 10.8. The molecule has 2 aromatic carbocycles. The molecule has 0 spiro atoms. The highest BCUT2D eigenvalue weighted by Crippen LogP contribution is 2.23. The number of sulfonamides is 1. The van der Waals surface area contributed by atoms with E-state index in [1.54, 1.807) is 12.1 Å². The van der Waals surface area contributed by atoms with Crippen LogP contribution in [0.4, 0.5) is 0 Å². The number of rotatable bonds is 6. The van der Waals surface area contributed by atoms with Gasteiger partial charge in [0.1, 0.15) is 17.0 Å². The molecule has 11 nitrogen and oxygen atoms in total. The van der Waals surface area contributed by atoms with Gasteiger partial charge in [-0.3, -0.25) is 0 Å². The Hall–Kier alpha value is -2.87. The van der Waals surface area contributed by atoms with Crippen LogP contribution in [0.5, 0.6) is 5.75 Å². The van der Waals surface area contributed by atoms with Crippen molar-refractivity contribution in [3.05, 3.63) is 54.9 Å². The molecule has 1 aliphatic heterocycles. The Morgan fingerprint density at radius 3 is 2.30 bits per heavy atom. The monoisotopic (exact) mass is 451 g/mol. The minimum atomic E-state index is -4.18. The quantitative estimate of drug-likeness (QED) is 0.490. The van der Waals surface area contributed by atoms with Crippen molar-refractivity contribution < 1.29 is 25.8 Å². The summed E-state index contributed by atoms with van der Waals surface area (Å²) < 4.78 is 63.6. The molecule has 0 bridgehead atoms. The molecule has 4 rings (SSSR count). The fraction of sp³-hybridized carbons (Fsp3) is 0.235. The van der Waals surface area contributed by atoms with E-state index in [-0.39, 0.29) is 28.6 Å². The van der Waals surface area contributed by atoms with Gasteiger partial charge < -0.3 is 8.92 Å². The summed E-state index contributed by atoms with van der Waals surface area (Å²) in [5.41, 5.74) is 0.514.